The van der Waals surface area contributed by atoms with E-state index in [-0.39, 0.29) is 25.8 Å². The molecule has 67 heavy (non-hydrogen) atoms. The highest BCUT2D eigenvalue weighted by molar-refractivity contribution is 7.47. The lowest BCUT2D eigenvalue weighted by Gasteiger charge is -2.24. The predicted molar refractivity (Wildman–Crippen MR) is 289 cm³/mol. The lowest BCUT2D eigenvalue weighted by molar-refractivity contribution is -0.870. The van der Waals surface area contributed by atoms with Gasteiger partial charge in [-0.3, -0.25) is 13.8 Å². The van der Waals surface area contributed by atoms with Crippen LogP contribution in [0, 0.1) is 0 Å². The fourth-order valence-electron chi connectivity index (χ4n) is 9.09. The van der Waals surface area contributed by atoms with Crippen LogP contribution in [0.2, 0.25) is 0 Å². The van der Waals surface area contributed by atoms with Crippen molar-refractivity contribution < 1.29 is 37.3 Å². The second-order valence-electron chi connectivity index (χ2n) is 21.8. The third-order valence-electron chi connectivity index (χ3n) is 13.7. The molecule has 0 radical (unpaired) electrons. The van der Waals surface area contributed by atoms with E-state index in [0.29, 0.717) is 24.1 Å². The summed E-state index contributed by atoms with van der Waals surface area (Å²) in [5, 5.41) is 0. The van der Waals surface area contributed by atoms with Crippen LogP contribution in [-0.2, 0) is 27.9 Å². The van der Waals surface area contributed by atoms with Crippen LogP contribution < -0.4 is 0 Å². The van der Waals surface area contributed by atoms with Gasteiger partial charge in [0.25, 0.3) is 0 Å². The number of likely N-dealkylation sites (N-methyl/N-ethyl adjacent to an activating group) is 1. The first-order valence-corrected chi connectivity index (χ1v) is 31.3. The summed E-state index contributed by atoms with van der Waals surface area (Å²) in [5.41, 5.74) is 0. The summed E-state index contributed by atoms with van der Waals surface area (Å²) in [4.78, 5) is 23.1. The zero-order valence-electron chi connectivity index (χ0n) is 45.9. The third kappa shape index (κ3) is 56.3. The predicted octanol–water partition coefficient (Wildman–Crippen LogP) is 18.7. The summed E-state index contributed by atoms with van der Waals surface area (Å²) in [6, 6.07) is 0. The normalized spacial score (nSPS) is 13.3. The fraction of sp³-hybridized carbons (Fsp3) is 0.983. The van der Waals surface area contributed by atoms with Crippen LogP contribution in [0.15, 0.2) is 0 Å². The number of quaternary nitrogens is 1. The van der Waals surface area contributed by atoms with Crippen molar-refractivity contribution in [2.24, 2.45) is 0 Å². The van der Waals surface area contributed by atoms with Gasteiger partial charge in [0.15, 0.2) is 0 Å². The smallest absolute Gasteiger partial charge is 0.457 e. The van der Waals surface area contributed by atoms with Gasteiger partial charge in [0.2, 0.25) is 0 Å². The molecular weight excluding hydrogens is 854 g/mol. The van der Waals surface area contributed by atoms with Gasteiger partial charge in [0.1, 0.15) is 19.3 Å². The minimum Gasteiger partial charge on any atom is -0.457 e. The first kappa shape index (κ1) is 66.5. The van der Waals surface area contributed by atoms with Crippen LogP contribution in [0.4, 0.5) is 0 Å². The van der Waals surface area contributed by atoms with Gasteiger partial charge in [-0.05, 0) is 12.8 Å². The molecule has 2 atom stereocenters. The van der Waals surface area contributed by atoms with E-state index in [9.17, 15) is 14.3 Å². The lowest BCUT2D eigenvalue weighted by atomic mass is 10.0. The molecule has 0 heterocycles. The Kier molecular flexibility index (Phi) is 51.5. The summed E-state index contributed by atoms with van der Waals surface area (Å²) >= 11 is 0. The largest absolute Gasteiger partial charge is 0.472 e. The molecule has 0 bridgehead atoms. The van der Waals surface area contributed by atoms with Crippen LogP contribution >= 0.6 is 7.82 Å². The van der Waals surface area contributed by atoms with Crippen molar-refractivity contribution in [2.45, 2.75) is 315 Å². The maximum Gasteiger partial charge on any atom is 0.472 e. The van der Waals surface area contributed by atoms with Gasteiger partial charge in [-0.2, -0.15) is 0 Å². The van der Waals surface area contributed by atoms with Crippen molar-refractivity contribution in [3.63, 3.8) is 0 Å². The van der Waals surface area contributed by atoms with Crippen LogP contribution in [-0.4, -0.2) is 75.6 Å². The Balaban J connectivity index is 3.98. The summed E-state index contributed by atoms with van der Waals surface area (Å²) in [6.45, 7) is 5.72. The molecule has 0 saturated carbocycles. The van der Waals surface area contributed by atoms with E-state index >= 15 is 0 Å². The number of esters is 1. The van der Waals surface area contributed by atoms with Crippen LogP contribution in [0.25, 0.3) is 0 Å². The lowest BCUT2D eigenvalue weighted by Crippen LogP contribution is -2.37. The van der Waals surface area contributed by atoms with E-state index in [1.165, 1.54) is 257 Å². The first-order valence-electron chi connectivity index (χ1n) is 29.8. The van der Waals surface area contributed by atoms with E-state index < -0.39 is 13.9 Å². The molecule has 9 heteroatoms. The van der Waals surface area contributed by atoms with Gasteiger partial charge in [-0.25, -0.2) is 4.57 Å². The first-order chi connectivity index (χ1) is 32.6. The summed E-state index contributed by atoms with van der Waals surface area (Å²) in [7, 11) is 1.69. The third-order valence-corrected chi connectivity index (χ3v) is 14.7. The quantitative estimate of drug-likeness (QED) is 0.0281. The molecule has 2 unspecified atom stereocenters. The van der Waals surface area contributed by atoms with Crippen molar-refractivity contribution in [1.82, 2.24) is 0 Å². The standard InChI is InChI=1S/C58H118NO7P/c1-6-8-10-12-14-16-18-20-22-24-26-28-29-30-31-32-34-36-38-40-42-44-46-48-50-53-63-55-57(56-65-67(61,62)64-54-52-59(3,4)5)66-58(60)51-49-47-45-43-41-39-37-35-33-27-25-23-21-19-17-15-13-11-9-7-2/h57H,6-56H2,1-5H3/p+1. The van der Waals surface area contributed by atoms with E-state index in [1.807, 2.05) is 21.1 Å². The summed E-state index contributed by atoms with van der Waals surface area (Å²) in [5.74, 6) is -0.302. The highest BCUT2D eigenvalue weighted by Crippen LogP contribution is 2.43. The van der Waals surface area contributed by atoms with E-state index in [4.69, 9.17) is 18.5 Å². The van der Waals surface area contributed by atoms with Gasteiger partial charge in [0.05, 0.1) is 34.4 Å². The molecule has 0 fully saturated rings. The zero-order chi connectivity index (χ0) is 49.0. The van der Waals surface area contributed by atoms with E-state index in [1.54, 1.807) is 0 Å². The average Bonchev–Trinajstić information content (AvgIpc) is 3.29. The number of hydrogen-bond donors (Lipinski definition) is 1. The van der Waals surface area contributed by atoms with Crippen molar-refractivity contribution in [2.75, 3.05) is 54.1 Å². The maximum atomic E-state index is 12.8. The molecule has 0 spiro atoms. The number of rotatable bonds is 57. The Morgan fingerprint density at radius 2 is 0.687 bits per heavy atom. The highest BCUT2D eigenvalue weighted by Gasteiger charge is 2.26. The number of nitrogens with zero attached hydrogens (tertiary/aromatic N) is 1. The Bertz CT molecular complexity index is 1040. The zero-order valence-corrected chi connectivity index (χ0v) is 46.8. The molecule has 0 amide bonds. The van der Waals surface area contributed by atoms with Crippen molar-refractivity contribution in [3.8, 4) is 0 Å². The molecule has 0 rings (SSSR count). The maximum absolute atomic E-state index is 12.8. The monoisotopic (exact) mass is 973 g/mol. The number of carbonyl (C=O) groups excluding carboxylic acids is 1. The number of unbranched alkanes of at least 4 members (excludes halogenated alkanes) is 43. The van der Waals surface area contributed by atoms with Crippen molar-refractivity contribution in [1.29, 1.82) is 0 Å². The molecule has 0 aliphatic rings. The molecule has 0 aliphatic heterocycles. The molecule has 0 saturated heterocycles. The van der Waals surface area contributed by atoms with E-state index in [2.05, 4.69) is 13.8 Å². The summed E-state index contributed by atoms with van der Waals surface area (Å²) < 4.78 is 35.3. The topological polar surface area (TPSA) is 91.3 Å². The molecule has 402 valence electrons. The number of ether oxygens (including phenoxy) is 2. The molecular formula is C58H119NO7P+. The van der Waals surface area contributed by atoms with Gasteiger partial charge in [-0.1, -0.05) is 290 Å². The minimum atomic E-state index is -4.28. The Labute approximate surface area is 418 Å². The van der Waals surface area contributed by atoms with Crippen LogP contribution in [0.5, 0.6) is 0 Å². The minimum absolute atomic E-state index is 0.0945. The Morgan fingerprint density at radius 1 is 0.403 bits per heavy atom. The SMILES string of the molecule is CCCCCCCCCCCCCCCCCCCCCCCCCCCOCC(COP(=O)(O)OCC[N+](C)(C)C)OC(=O)CCCCCCCCCCCCCCCCCCCCCC. The molecule has 1 N–H and O–H groups in total. The molecule has 8 nitrogen and oxygen atoms in total. The molecule has 0 aromatic heterocycles. The van der Waals surface area contributed by atoms with Crippen LogP contribution in [0.1, 0.15) is 309 Å². The summed E-state index contributed by atoms with van der Waals surface area (Å²) in [6.07, 6.45) is 60.3. The molecule has 0 aromatic rings. The van der Waals surface area contributed by atoms with Crippen molar-refractivity contribution >= 4 is 13.8 Å². The fourth-order valence-corrected chi connectivity index (χ4v) is 9.83. The number of phosphoric acid groups is 1. The molecule has 0 aliphatic carbocycles. The van der Waals surface area contributed by atoms with Gasteiger partial charge in [0, 0.05) is 13.0 Å². The second-order valence-corrected chi connectivity index (χ2v) is 23.2. The van der Waals surface area contributed by atoms with Gasteiger partial charge < -0.3 is 18.9 Å². The second kappa shape index (κ2) is 51.8. The number of hydrogen-bond acceptors (Lipinski definition) is 6. The van der Waals surface area contributed by atoms with Crippen LogP contribution in [0.3, 0.4) is 0 Å². The number of phosphoric ester groups is 1. The van der Waals surface area contributed by atoms with Gasteiger partial charge in [-0.15, -0.1) is 0 Å². The van der Waals surface area contributed by atoms with Gasteiger partial charge >= 0.3 is 13.8 Å². The number of carbonyl (C=O) groups is 1. The van der Waals surface area contributed by atoms with Crippen molar-refractivity contribution in [3.05, 3.63) is 0 Å². The Morgan fingerprint density at radius 3 is 0.985 bits per heavy atom. The average molecular weight is 974 g/mol. The Hall–Kier alpha value is -0.500. The highest BCUT2D eigenvalue weighted by atomic mass is 31.2. The molecule has 0 aromatic carbocycles. The van der Waals surface area contributed by atoms with E-state index in [0.717, 1.165) is 32.1 Å².